The molecule has 1 unspecified atom stereocenters. The van der Waals surface area contributed by atoms with Crippen molar-refractivity contribution in [3.63, 3.8) is 0 Å². The van der Waals surface area contributed by atoms with Crippen LogP contribution in [-0.2, 0) is 17.4 Å². The molecule has 3 nitrogen and oxygen atoms in total. The minimum absolute atomic E-state index is 0.438. The molecule has 4 heteroatoms. The van der Waals surface area contributed by atoms with Crippen LogP contribution < -0.4 is 9.83 Å². The fraction of sp³-hybridized carbons (Fsp3) is 0.600. The lowest BCUT2D eigenvalue weighted by Gasteiger charge is -2.17. The Bertz CT molecular complexity index is 831. The third-order valence-electron chi connectivity index (χ3n) is 6.57. The molecule has 1 atom stereocenters. The molecule has 190 valence electrons. The maximum Gasteiger partial charge on any atom is 0.408 e. The molecule has 0 spiro atoms. The van der Waals surface area contributed by atoms with Crippen LogP contribution in [0.1, 0.15) is 115 Å². The van der Waals surface area contributed by atoms with Gasteiger partial charge in [-0.05, 0) is 55.0 Å². The van der Waals surface area contributed by atoms with Gasteiger partial charge in [0.05, 0.1) is 5.30 Å². The number of benzene rings is 2. The van der Waals surface area contributed by atoms with E-state index in [1.807, 2.05) is 42.5 Å². The molecule has 0 saturated carbocycles. The van der Waals surface area contributed by atoms with Gasteiger partial charge in [-0.1, -0.05) is 121 Å². The van der Waals surface area contributed by atoms with E-state index in [0.717, 1.165) is 31.2 Å². The van der Waals surface area contributed by atoms with Gasteiger partial charge < -0.3 is 9.42 Å². The lowest BCUT2D eigenvalue weighted by atomic mass is 10.0. The first-order valence-electron chi connectivity index (χ1n) is 13.8. The predicted octanol–water partition coefficient (Wildman–Crippen LogP) is 9.16. The average molecular weight is 487 g/mol. The summed E-state index contributed by atoms with van der Waals surface area (Å²) in [6.07, 6.45) is 19.6. The zero-order chi connectivity index (χ0) is 24.5. The largest absolute Gasteiger partial charge is 0.421 e. The Morgan fingerprint density at radius 1 is 0.647 bits per heavy atom. The van der Waals surface area contributed by atoms with Crippen LogP contribution in [0.4, 0.5) is 0 Å². The van der Waals surface area contributed by atoms with Gasteiger partial charge in [0.15, 0.2) is 0 Å². The minimum atomic E-state index is -3.93. The Labute approximate surface area is 208 Å². The number of aryl methyl sites for hydroxylation is 2. The summed E-state index contributed by atoms with van der Waals surface area (Å²) in [7, 11) is -3.93. The lowest BCUT2D eigenvalue weighted by Crippen LogP contribution is -2.14. The quantitative estimate of drug-likeness (QED) is 0.159. The molecule has 1 N–H and O–H groups in total. The van der Waals surface area contributed by atoms with Gasteiger partial charge in [0.1, 0.15) is 5.75 Å². The van der Waals surface area contributed by atoms with Crippen molar-refractivity contribution in [3.8, 4) is 5.75 Å². The van der Waals surface area contributed by atoms with E-state index in [-0.39, 0.29) is 0 Å². The fourth-order valence-corrected chi connectivity index (χ4v) is 5.80. The standard InChI is InChI=1S/C30H47O3P/c1-3-5-7-9-11-13-15-19-27-23-25-29(26-24-27)33-34(31,32)30-22-18-17-21-28(30)20-16-14-12-10-8-6-4-2/h17-18,21-26H,3-16,19-20H2,1-2H3,(H,31,32). The van der Waals surface area contributed by atoms with Gasteiger partial charge in [0.2, 0.25) is 0 Å². The van der Waals surface area contributed by atoms with Crippen LogP contribution in [0, 0.1) is 0 Å². The van der Waals surface area contributed by atoms with Crippen LogP contribution in [0.25, 0.3) is 0 Å². The molecule has 0 saturated heterocycles. The van der Waals surface area contributed by atoms with Gasteiger partial charge >= 0.3 is 7.60 Å². The molecule has 0 amide bonds. The van der Waals surface area contributed by atoms with E-state index in [1.165, 1.54) is 82.6 Å². The van der Waals surface area contributed by atoms with Crippen molar-refractivity contribution >= 4 is 12.9 Å². The van der Waals surface area contributed by atoms with E-state index < -0.39 is 7.60 Å². The van der Waals surface area contributed by atoms with E-state index in [2.05, 4.69) is 13.8 Å². The van der Waals surface area contributed by atoms with Crippen LogP contribution in [0.3, 0.4) is 0 Å². The van der Waals surface area contributed by atoms with Crippen molar-refractivity contribution in [2.45, 2.75) is 117 Å². The molecule has 0 bridgehead atoms. The highest BCUT2D eigenvalue weighted by Crippen LogP contribution is 2.42. The summed E-state index contributed by atoms with van der Waals surface area (Å²) >= 11 is 0. The highest BCUT2D eigenvalue weighted by atomic mass is 31.2. The summed E-state index contributed by atoms with van der Waals surface area (Å²) < 4.78 is 18.8. The molecule has 0 aliphatic heterocycles. The van der Waals surface area contributed by atoms with Crippen molar-refractivity contribution < 1.29 is 14.0 Å². The van der Waals surface area contributed by atoms with Crippen LogP contribution in [0.2, 0.25) is 0 Å². The molecule has 2 aromatic rings. The second kappa shape index (κ2) is 17.0. The average Bonchev–Trinajstić information content (AvgIpc) is 2.84. The van der Waals surface area contributed by atoms with E-state index in [9.17, 15) is 9.46 Å². The number of rotatable bonds is 19. The summed E-state index contributed by atoms with van der Waals surface area (Å²) in [4.78, 5) is 10.8. The maximum atomic E-state index is 13.2. The summed E-state index contributed by atoms with van der Waals surface area (Å²) in [5.41, 5.74) is 2.19. The highest BCUT2D eigenvalue weighted by Gasteiger charge is 2.27. The summed E-state index contributed by atoms with van der Waals surface area (Å²) in [6, 6.07) is 15.2. The second-order valence-corrected chi connectivity index (χ2v) is 11.3. The Morgan fingerprint density at radius 3 is 1.74 bits per heavy atom. The first-order chi connectivity index (χ1) is 16.6. The first kappa shape index (κ1) is 28.7. The van der Waals surface area contributed by atoms with Gasteiger partial charge in [-0.2, -0.15) is 0 Å². The number of hydrogen-bond donors (Lipinski definition) is 1. The van der Waals surface area contributed by atoms with Crippen molar-refractivity contribution in [1.29, 1.82) is 0 Å². The number of unbranched alkanes of at least 4 members (excludes halogenated alkanes) is 12. The summed E-state index contributed by atoms with van der Waals surface area (Å²) in [5, 5.41) is 0.438. The monoisotopic (exact) mass is 486 g/mol. The minimum Gasteiger partial charge on any atom is -0.421 e. The Hall–Kier alpha value is -1.57. The third-order valence-corrected chi connectivity index (χ3v) is 8.07. The molecular formula is C30H47O3P. The van der Waals surface area contributed by atoms with Crippen molar-refractivity contribution in [1.82, 2.24) is 0 Å². The predicted molar refractivity (Wildman–Crippen MR) is 146 cm³/mol. The van der Waals surface area contributed by atoms with Crippen LogP contribution in [0.15, 0.2) is 48.5 Å². The zero-order valence-electron chi connectivity index (χ0n) is 21.6. The van der Waals surface area contributed by atoms with Crippen molar-refractivity contribution in [2.24, 2.45) is 0 Å². The molecule has 0 aliphatic carbocycles. The van der Waals surface area contributed by atoms with Gasteiger partial charge in [0, 0.05) is 0 Å². The van der Waals surface area contributed by atoms with Crippen LogP contribution in [-0.4, -0.2) is 4.89 Å². The molecule has 0 fully saturated rings. The molecular weight excluding hydrogens is 439 g/mol. The van der Waals surface area contributed by atoms with Crippen LogP contribution in [0.5, 0.6) is 5.75 Å². The Balaban J connectivity index is 1.82. The highest BCUT2D eigenvalue weighted by molar-refractivity contribution is 7.61. The molecule has 2 rings (SSSR count). The van der Waals surface area contributed by atoms with E-state index in [0.29, 0.717) is 11.1 Å². The molecule has 0 aliphatic rings. The van der Waals surface area contributed by atoms with Crippen molar-refractivity contribution in [2.75, 3.05) is 0 Å². The Morgan fingerprint density at radius 2 is 1.15 bits per heavy atom. The van der Waals surface area contributed by atoms with Gasteiger partial charge in [-0.3, -0.25) is 0 Å². The van der Waals surface area contributed by atoms with Crippen LogP contribution >= 0.6 is 7.60 Å². The maximum absolute atomic E-state index is 13.2. The number of hydrogen-bond acceptors (Lipinski definition) is 2. The van der Waals surface area contributed by atoms with E-state index in [1.54, 1.807) is 6.07 Å². The lowest BCUT2D eigenvalue weighted by molar-refractivity contribution is 0.393. The summed E-state index contributed by atoms with van der Waals surface area (Å²) in [6.45, 7) is 4.48. The summed E-state index contributed by atoms with van der Waals surface area (Å²) in [5.74, 6) is 0.458. The normalized spacial score (nSPS) is 13.0. The fourth-order valence-electron chi connectivity index (χ4n) is 4.47. The smallest absolute Gasteiger partial charge is 0.408 e. The van der Waals surface area contributed by atoms with E-state index >= 15 is 0 Å². The van der Waals surface area contributed by atoms with E-state index in [4.69, 9.17) is 4.52 Å². The van der Waals surface area contributed by atoms with Gasteiger partial charge in [-0.15, -0.1) is 0 Å². The molecule has 0 heterocycles. The molecule has 2 aromatic carbocycles. The molecule has 0 aromatic heterocycles. The SMILES string of the molecule is CCCCCCCCCc1ccc(OP(=O)(O)c2ccccc2CCCCCCCCC)cc1. The molecule has 34 heavy (non-hydrogen) atoms. The third kappa shape index (κ3) is 11.2. The second-order valence-electron chi connectivity index (χ2n) is 9.63. The van der Waals surface area contributed by atoms with Crippen molar-refractivity contribution in [3.05, 3.63) is 59.7 Å². The zero-order valence-corrected chi connectivity index (χ0v) is 22.5. The van der Waals surface area contributed by atoms with Gasteiger partial charge in [-0.25, -0.2) is 4.57 Å². The Kier molecular flexibility index (Phi) is 14.3. The molecule has 0 radical (unpaired) electrons. The first-order valence-corrected chi connectivity index (χ1v) is 15.3. The van der Waals surface area contributed by atoms with Gasteiger partial charge in [0.25, 0.3) is 0 Å². The topological polar surface area (TPSA) is 46.5 Å².